The normalized spacial score (nSPS) is 26.2. The third-order valence-electron chi connectivity index (χ3n) is 2.92. The molecule has 1 saturated heterocycles. The number of aliphatic hydroxyl groups is 1. The Labute approximate surface area is 111 Å². The number of halogens is 1. The van der Waals surface area contributed by atoms with Crippen LogP contribution in [0.4, 0.5) is 4.79 Å². The number of ether oxygens (including phenoxy) is 1. The SMILES string of the molecule is [N-]=[N+]=N[C@@H](C(=O)N1C(=O)OC[C@@H]1Br)[C@H](O)C1CC1. The van der Waals surface area contributed by atoms with Gasteiger partial charge in [-0.1, -0.05) is 21.0 Å². The zero-order valence-corrected chi connectivity index (χ0v) is 10.9. The van der Waals surface area contributed by atoms with E-state index < -0.39 is 29.1 Å². The Kier molecular flexibility index (Phi) is 3.74. The lowest BCUT2D eigenvalue weighted by Gasteiger charge is -2.22. The molecule has 1 saturated carbocycles. The topological polar surface area (TPSA) is 116 Å². The zero-order valence-electron chi connectivity index (χ0n) is 9.27. The summed E-state index contributed by atoms with van der Waals surface area (Å²) in [6.07, 6.45) is -0.285. The van der Waals surface area contributed by atoms with Crippen molar-refractivity contribution in [1.82, 2.24) is 4.90 Å². The first kappa shape index (κ1) is 13.1. The number of amides is 2. The summed E-state index contributed by atoms with van der Waals surface area (Å²) in [5.41, 5.74) is 8.46. The number of rotatable bonds is 4. The molecule has 0 bridgehead atoms. The first-order chi connectivity index (χ1) is 8.56. The van der Waals surface area contributed by atoms with Crippen molar-refractivity contribution in [3.8, 4) is 0 Å². The molecule has 0 radical (unpaired) electrons. The van der Waals surface area contributed by atoms with Crippen LogP contribution in [0.3, 0.4) is 0 Å². The first-order valence-corrected chi connectivity index (χ1v) is 6.34. The molecule has 1 aliphatic heterocycles. The molecule has 2 amide bonds. The second-order valence-electron chi connectivity index (χ2n) is 4.20. The third-order valence-corrected chi connectivity index (χ3v) is 3.59. The van der Waals surface area contributed by atoms with Crippen molar-refractivity contribution in [3.63, 3.8) is 0 Å². The lowest BCUT2D eigenvalue weighted by atomic mass is 10.1. The molecule has 2 fully saturated rings. The van der Waals surface area contributed by atoms with E-state index in [2.05, 4.69) is 30.7 Å². The van der Waals surface area contributed by atoms with Crippen LogP contribution >= 0.6 is 15.9 Å². The van der Waals surface area contributed by atoms with Crippen molar-refractivity contribution in [2.24, 2.45) is 11.0 Å². The number of hydrogen-bond donors (Lipinski definition) is 1. The van der Waals surface area contributed by atoms with Gasteiger partial charge in [0.25, 0.3) is 0 Å². The predicted molar refractivity (Wildman–Crippen MR) is 62.6 cm³/mol. The minimum atomic E-state index is -1.28. The van der Waals surface area contributed by atoms with Gasteiger partial charge >= 0.3 is 6.09 Å². The largest absolute Gasteiger partial charge is 0.446 e. The van der Waals surface area contributed by atoms with Crippen molar-refractivity contribution in [2.45, 2.75) is 29.9 Å². The molecule has 0 aromatic rings. The van der Waals surface area contributed by atoms with Gasteiger partial charge in [-0.2, -0.15) is 0 Å². The van der Waals surface area contributed by atoms with Crippen molar-refractivity contribution >= 4 is 27.9 Å². The van der Waals surface area contributed by atoms with E-state index >= 15 is 0 Å². The molecule has 2 aliphatic rings. The van der Waals surface area contributed by atoms with Crippen LogP contribution in [0.2, 0.25) is 0 Å². The maximum atomic E-state index is 12.1. The summed E-state index contributed by atoms with van der Waals surface area (Å²) in [7, 11) is 0. The van der Waals surface area contributed by atoms with Crippen molar-refractivity contribution in [3.05, 3.63) is 10.4 Å². The number of alkyl halides is 1. The molecule has 0 aromatic heterocycles. The van der Waals surface area contributed by atoms with Gasteiger partial charge in [-0.3, -0.25) is 4.79 Å². The van der Waals surface area contributed by atoms with Crippen LogP contribution in [0.5, 0.6) is 0 Å². The van der Waals surface area contributed by atoms with E-state index in [0.29, 0.717) is 0 Å². The minimum absolute atomic E-state index is 0.0348. The number of carbonyl (C=O) groups is 2. The van der Waals surface area contributed by atoms with Gasteiger partial charge in [0.15, 0.2) is 0 Å². The third kappa shape index (κ3) is 2.43. The van der Waals surface area contributed by atoms with E-state index in [1.54, 1.807) is 0 Å². The molecule has 98 valence electrons. The van der Waals surface area contributed by atoms with Crippen LogP contribution in [-0.2, 0) is 9.53 Å². The quantitative estimate of drug-likeness (QED) is 0.275. The molecule has 3 atom stereocenters. The Morgan fingerprint density at radius 2 is 2.33 bits per heavy atom. The predicted octanol–water partition coefficient (Wildman–Crippen LogP) is 1.14. The van der Waals surface area contributed by atoms with E-state index in [-0.39, 0.29) is 12.5 Å². The molecule has 2 rings (SSSR count). The molecule has 1 heterocycles. The lowest BCUT2D eigenvalue weighted by molar-refractivity contribution is -0.132. The van der Waals surface area contributed by atoms with Crippen LogP contribution in [-0.4, -0.2) is 45.7 Å². The summed E-state index contributed by atoms with van der Waals surface area (Å²) in [4.78, 5) is 26.3. The highest BCUT2D eigenvalue weighted by atomic mass is 79.9. The van der Waals surface area contributed by atoms with Gasteiger partial charge in [0.05, 0.1) is 6.10 Å². The van der Waals surface area contributed by atoms with E-state index in [1.807, 2.05) is 0 Å². The number of carbonyl (C=O) groups excluding carboxylic acids is 2. The number of cyclic esters (lactones) is 1. The van der Waals surface area contributed by atoms with Gasteiger partial charge in [-0.05, 0) is 24.3 Å². The summed E-state index contributed by atoms with van der Waals surface area (Å²) in [5.74, 6) is -0.784. The van der Waals surface area contributed by atoms with Gasteiger partial charge in [0.2, 0.25) is 5.91 Å². The van der Waals surface area contributed by atoms with Crippen molar-refractivity contribution in [1.29, 1.82) is 0 Å². The van der Waals surface area contributed by atoms with Gasteiger partial charge in [-0.25, -0.2) is 9.69 Å². The highest BCUT2D eigenvalue weighted by molar-refractivity contribution is 9.09. The lowest BCUT2D eigenvalue weighted by Crippen LogP contribution is -2.47. The maximum absolute atomic E-state index is 12.1. The number of azide groups is 1. The van der Waals surface area contributed by atoms with Gasteiger partial charge in [0.1, 0.15) is 17.6 Å². The average molecular weight is 319 g/mol. The van der Waals surface area contributed by atoms with Crippen LogP contribution in [0.15, 0.2) is 5.11 Å². The second-order valence-corrected chi connectivity index (χ2v) is 5.25. The molecular formula is C9H11BrN4O4. The average Bonchev–Trinajstić information content (AvgIpc) is 3.12. The van der Waals surface area contributed by atoms with Crippen LogP contribution in [0, 0.1) is 5.92 Å². The molecule has 9 heteroatoms. The Morgan fingerprint density at radius 1 is 1.67 bits per heavy atom. The Balaban J connectivity index is 2.17. The zero-order chi connectivity index (χ0) is 13.3. The number of nitrogens with zero attached hydrogens (tertiary/aromatic N) is 4. The van der Waals surface area contributed by atoms with E-state index in [1.165, 1.54) is 0 Å². The molecule has 0 unspecified atom stereocenters. The van der Waals surface area contributed by atoms with Crippen molar-refractivity contribution in [2.75, 3.05) is 6.61 Å². The number of imide groups is 1. The van der Waals surface area contributed by atoms with Crippen LogP contribution in [0.25, 0.3) is 10.4 Å². The Hall–Kier alpha value is -1.31. The fraction of sp³-hybridized carbons (Fsp3) is 0.778. The van der Waals surface area contributed by atoms with Gasteiger partial charge in [0, 0.05) is 4.91 Å². The minimum Gasteiger partial charge on any atom is -0.446 e. The van der Waals surface area contributed by atoms with Crippen molar-refractivity contribution < 1.29 is 19.4 Å². The molecule has 18 heavy (non-hydrogen) atoms. The standard InChI is InChI=1S/C9H11BrN4O4/c10-5-3-18-9(17)14(5)8(16)6(12-13-11)7(15)4-1-2-4/h4-7,15H,1-3H2/t5-,6-,7-/m1/s1. The van der Waals surface area contributed by atoms with E-state index in [4.69, 9.17) is 5.53 Å². The second kappa shape index (κ2) is 5.13. The fourth-order valence-electron chi connectivity index (χ4n) is 1.78. The smallest absolute Gasteiger partial charge is 0.417 e. The van der Waals surface area contributed by atoms with Crippen LogP contribution in [0.1, 0.15) is 12.8 Å². The molecule has 0 aromatic carbocycles. The van der Waals surface area contributed by atoms with Gasteiger partial charge < -0.3 is 9.84 Å². The summed E-state index contributed by atoms with van der Waals surface area (Å²) in [5, 5.41) is 13.2. The summed E-state index contributed by atoms with van der Waals surface area (Å²) in [6.45, 7) is 0.0348. The van der Waals surface area contributed by atoms with E-state index in [0.717, 1.165) is 17.7 Å². The monoisotopic (exact) mass is 318 g/mol. The Morgan fingerprint density at radius 3 is 2.78 bits per heavy atom. The molecule has 8 nitrogen and oxygen atoms in total. The molecule has 0 spiro atoms. The summed E-state index contributed by atoms with van der Waals surface area (Å²) >= 11 is 3.11. The van der Waals surface area contributed by atoms with Crippen LogP contribution < -0.4 is 0 Å². The number of hydrogen-bond acceptors (Lipinski definition) is 5. The Bertz CT molecular complexity index is 421. The highest BCUT2D eigenvalue weighted by Gasteiger charge is 2.45. The number of aliphatic hydroxyl groups excluding tert-OH is 1. The molecule has 1 N–H and O–H groups in total. The first-order valence-electron chi connectivity index (χ1n) is 5.42. The summed E-state index contributed by atoms with van der Waals surface area (Å²) in [6, 6.07) is -1.28. The molecule has 1 aliphatic carbocycles. The fourth-order valence-corrected chi connectivity index (χ4v) is 2.29. The maximum Gasteiger partial charge on any atom is 0.417 e. The molecular weight excluding hydrogens is 308 g/mol. The van der Waals surface area contributed by atoms with E-state index in [9.17, 15) is 14.7 Å². The summed E-state index contributed by atoms with van der Waals surface area (Å²) < 4.78 is 4.69. The highest BCUT2D eigenvalue weighted by Crippen LogP contribution is 2.35. The van der Waals surface area contributed by atoms with Gasteiger partial charge in [-0.15, -0.1) is 0 Å².